The topological polar surface area (TPSA) is 71.7 Å². The Kier molecular flexibility index (Phi) is 5.78. The molecule has 1 amide bonds. The molecular weight excluding hydrogens is 443 g/mol. The molecule has 1 atom stereocenters. The fraction of sp³-hybridized carbons (Fsp3) is 0.400. The van der Waals surface area contributed by atoms with Crippen LogP contribution in [0, 0.1) is 17.2 Å². The average molecular weight is 467 g/mol. The van der Waals surface area contributed by atoms with Gasteiger partial charge in [0.25, 0.3) is 0 Å². The van der Waals surface area contributed by atoms with Gasteiger partial charge in [0.1, 0.15) is 0 Å². The minimum Gasteiger partial charge on any atom is -0.369 e. The summed E-state index contributed by atoms with van der Waals surface area (Å²) < 4.78 is 39.9. The molecule has 0 saturated carbocycles. The molecule has 5 rings (SSSR count). The number of aliphatic imine (C=N–C) groups is 1. The van der Waals surface area contributed by atoms with Gasteiger partial charge in [0.05, 0.1) is 34.5 Å². The van der Waals surface area contributed by atoms with Gasteiger partial charge >= 0.3 is 6.18 Å². The summed E-state index contributed by atoms with van der Waals surface area (Å²) in [7, 11) is 0. The number of nitriles is 1. The lowest BCUT2D eigenvalue weighted by Crippen LogP contribution is -2.46. The van der Waals surface area contributed by atoms with Crippen LogP contribution in [-0.4, -0.2) is 49.2 Å². The summed E-state index contributed by atoms with van der Waals surface area (Å²) in [6.45, 7) is 4.01. The lowest BCUT2D eigenvalue weighted by molar-refractivity contribution is -0.137. The molecule has 0 radical (unpaired) electrons. The molecule has 1 unspecified atom stereocenters. The molecule has 3 aliphatic heterocycles. The maximum Gasteiger partial charge on any atom is 0.417 e. The zero-order valence-corrected chi connectivity index (χ0v) is 18.5. The molecule has 1 saturated heterocycles. The smallest absolute Gasteiger partial charge is 0.369 e. The third-order valence-corrected chi connectivity index (χ3v) is 6.77. The van der Waals surface area contributed by atoms with Gasteiger partial charge in [-0.1, -0.05) is 12.1 Å². The maximum atomic E-state index is 13.3. The molecule has 0 spiro atoms. The number of nitrogens with zero attached hydrogens (tertiary/aromatic N) is 4. The number of fused-ring (bicyclic) bond motifs is 3. The van der Waals surface area contributed by atoms with E-state index in [9.17, 15) is 18.0 Å². The molecule has 34 heavy (non-hydrogen) atoms. The van der Waals surface area contributed by atoms with Crippen LogP contribution in [0.2, 0.25) is 0 Å². The number of carbonyl (C=O) groups is 1. The standard InChI is InChI=1S/C25H24F3N5O/c26-25(27,28)21-13-18(5-4-17(21)14-29)33-10-8-32(9-11-33)15-16-3-6-19-22(12-16)31-24(34)20-2-1-7-30-23(19)20/h3-6,12-13,20H,1-2,7-11,15H2,(H,31,34). The largest absolute Gasteiger partial charge is 0.417 e. The van der Waals surface area contributed by atoms with Crippen molar-refractivity contribution in [3.8, 4) is 6.07 Å². The maximum absolute atomic E-state index is 13.3. The van der Waals surface area contributed by atoms with Crippen LogP contribution in [-0.2, 0) is 17.5 Å². The normalized spacial score (nSPS) is 20.6. The summed E-state index contributed by atoms with van der Waals surface area (Å²) in [4.78, 5) is 21.3. The zero-order chi connectivity index (χ0) is 23.9. The third-order valence-electron chi connectivity index (χ3n) is 6.77. The van der Waals surface area contributed by atoms with Crippen LogP contribution in [0.3, 0.4) is 0 Å². The highest BCUT2D eigenvalue weighted by molar-refractivity contribution is 6.23. The number of halogens is 3. The van der Waals surface area contributed by atoms with Gasteiger partial charge in [-0.3, -0.25) is 14.7 Å². The van der Waals surface area contributed by atoms with Crippen molar-refractivity contribution in [1.29, 1.82) is 5.26 Å². The van der Waals surface area contributed by atoms with Crippen LogP contribution >= 0.6 is 0 Å². The van der Waals surface area contributed by atoms with E-state index >= 15 is 0 Å². The number of piperazine rings is 1. The summed E-state index contributed by atoms with van der Waals surface area (Å²) in [5.74, 6) is -0.141. The molecular formula is C25H24F3N5O. The van der Waals surface area contributed by atoms with Crippen molar-refractivity contribution >= 4 is 23.0 Å². The second-order valence-electron chi connectivity index (χ2n) is 8.93. The molecule has 0 bridgehead atoms. The van der Waals surface area contributed by atoms with Gasteiger partial charge in [0.2, 0.25) is 5.91 Å². The Hall–Kier alpha value is -3.38. The minimum absolute atomic E-state index is 0.0114. The number of alkyl halides is 3. The molecule has 2 aromatic carbocycles. The Bertz CT molecular complexity index is 1190. The quantitative estimate of drug-likeness (QED) is 0.740. The molecule has 3 heterocycles. The lowest BCUT2D eigenvalue weighted by Gasteiger charge is -2.36. The van der Waals surface area contributed by atoms with Gasteiger partial charge < -0.3 is 10.2 Å². The van der Waals surface area contributed by atoms with Crippen molar-refractivity contribution in [2.75, 3.05) is 42.9 Å². The molecule has 0 aliphatic carbocycles. The number of benzene rings is 2. The first-order valence-electron chi connectivity index (χ1n) is 11.4. The van der Waals surface area contributed by atoms with Gasteiger partial charge in [0.15, 0.2) is 0 Å². The van der Waals surface area contributed by atoms with Crippen molar-refractivity contribution in [2.45, 2.75) is 25.6 Å². The van der Waals surface area contributed by atoms with Gasteiger partial charge in [-0.05, 0) is 42.7 Å². The molecule has 0 aromatic heterocycles. The highest BCUT2D eigenvalue weighted by Crippen LogP contribution is 2.35. The van der Waals surface area contributed by atoms with Crippen LogP contribution < -0.4 is 10.2 Å². The number of hydrogen-bond acceptors (Lipinski definition) is 5. The van der Waals surface area contributed by atoms with Crippen LogP contribution in [0.1, 0.15) is 35.1 Å². The van der Waals surface area contributed by atoms with Crippen molar-refractivity contribution in [1.82, 2.24) is 4.90 Å². The van der Waals surface area contributed by atoms with Gasteiger partial charge in [-0.15, -0.1) is 0 Å². The van der Waals surface area contributed by atoms with Crippen LogP contribution in [0.25, 0.3) is 0 Å². The van der Waals surface area contributed by atoms with Crippen LogP contribution in [0.5, 0.6) is 0 Å². The van der Waals surface area contributed by atoms with E-state index in [1.54, 1.807) is 12.1 Å². The summed E-state index contributed by atoms with van der Waals surface area (Å²) >= 11 is 0. The van der Waals surface area contributed by atoms with Crippen molar-refractivity contribution < 1.29 is 18.0 Å². The Morgan fingerprint density at radius 1 is 1.12 bits per heavy atom. The van der Waals surface area contributed by atoms with Crippen molar-refractivity contribution in [3.63, 3.8) is 0 Å². The second kappa shape index (κ2) is 8.76. The number of hydrogen-bond donors (Lipinski definition) is 1. The summed E-state index contributed by atoms with van der Waals surface area (Å²) in [6, 6.07) is 11.6. The number of carbonyl (C=O) groups excluding carboxylic acids is 1. The fourth-order valence-corrected chi connectivity index (χ4v) is 4.99. The van der Waals surface area contributed by atoms with Gasteiger partial charge in [-0.25, -0.2) is 0 Å². The highest BCUT2D eigenvalue weighted by Gasteiger charge is 2.35. The zero-order valence-electron chi connectivity index (χ0n) is 18.5. The number of rotatable bonds is 3. The van der Waals surface area contributed by atoms with Gasteiger partial charge in [0, 0.05) is 50.5 Å². The van der Waals surface area contributed by atoms with E-state index in [1.165, 1.54) is 6.07 Å². The first-order valence-corrected chi connectivity index (χ1v) is 11.4. The Morgan fingerprint density at radius 3 is 2.65 bits per heavy atom. The van der Waals surface area contributed by atoms with Crippen LogP contribution in [0.15, 0.2) is 41.4 Å². The van der Waals surface area contributed by atoms with Gasteiger partial charge in [-0.2, -0.15) is 18.4 Å². The number of nitrogens with one attached hydrogen (secondary N) is 1. The monoisotopic (exact) mass is 467 g/mol. The molecule has 1 fully saturated rings. The lowest BCUT2D eigenvalue weighted by atomic mass is 9.85. The van der Waals surface area contributed by atoms with Crippen molar-refractivity contribution in [2.24, 2.45) is 10.9 Å². The molecule has 3 aliphatic rings. The Labute approximate surface area is 195 Å². The Morgan fingerprint density at radius 2 is 1.91 bits per heavy atom. The Balaban J connectivity index is 1.26. The second-order valence-corrected chi connectivity index (χ2v) is 8.93. The molecule has 2 aromatic rings. The third kappa shape index (κ3) is 4.26. The van der Waals surface area contributed by atoms with E-state index in [-0.39, 0.29) is 17.4 Å². The summed E-state index contributed by atoms with van der Waals surface area (Å²) in [5.41, 5.74) is 2.99. The van der Waals surface area contributed by atoms with Crippen molar-refractivity contribution in [3.05, 3.63) is 58.7 Å². The SMILES string of the molecule is N#Cc1ccc(N2CCN(Cc3ccc4c(c3)NC(=O)C3CCCN=C43)CC2)cc1C(F)(F)F. The molecule has 9 heteroatoms. The molecule has 1 N–H and O–H groups in total. The first-order chi connectivity index (χ1) is 16.3. The van der Waals surface area contributed by atoms with E-state index in [4.69, 9.17) is 5.26 Å². The number of anilines is 2. The predicted octanol–water partition coefficient (Wildman–Crippen LogP) is 4.05. The van der Waals surface area contributed by atoms with Crippen LogP contribution in [0.4, 0.5) is 24.5 Å². The highest BCUT2D eigenvalue weighted by atomic mass is 19.4. The van der Waals surface area contributed by atoms with E-state index < -0.39 is 11.7 Å². The summed E-state index contributed by atoms with van der Waals surface area (Å²) in [6.07, 6.45) is -2.80. The van der Waals surface area contributed by atoms with E-state index in [1.807, 2.05) is 17.0 Å². The minimum atomic E-state index is -4.56. The van der Waals surface area contributed by atoms with E-state index in [0.29, 0.717) is 38.4 Å². The van der Waals surface area contributed by atoms with E-state index in [0.717, 1.165) is 48.0 Å². The number of amides is 1. The molecule has 176 valence electrons. The average Bonchev–Trinajstić information content (AvgIpc) is 2.84. The van der Waals surface area contributed by atoms with E-state index in [2.05, 4.69) is 21.3 Å². The fourth-order valence-electron chi connectivity index (χ4n) is 4.99. The first kappa shape index (κ1) is 22.4. The summed E-state index contributed by atoms with van der Waals surface area (Å²) in [5, 5.41) is 12.0. The molecule has 6 nitrogen and oxygen atoms in total. The predicted molar refractivity (Wildman–Crippen MR) is 123 cm³/mol.